The van der Waals surface area contributed by atoms with Crippen LogP contribution in [0.2, 0.25) is 6.04 Å². The highest BCUT2D eigenvalue weighted by Gasteiger charge is 2.38. The van der Waals surface area contributed by atoms with Crippen molar-refractivity contribution in [2.75, 3.05) is 46.2 Å². The fraction of sp³-hybridized carbons (Fsp3) is 1.00. The van der Waals surface area contributed by atoms with E-state index in [0.717, 1.165) is 38.9 Å². The minimum Gasteiger partial charge on any atom is -0.377 e. The highest BCUT2D eigenvalue weighted by Crippen LogP contribution is 2.17. The Bertz CT molecular complexity index is 147. The zero-order valence-corrected chi connectivity index (χ0v) is 13.9. The van der Waals surface area contributed by atoms with Crippen LogP contribution in [0.1, 0.15) is 34.1 Å². The van der Waals surface area contributed by atoms with Crippen LogP contribution in [0.4, 0.5) is 0 Å². The molecule has 0 spiro atoms. The molecule has 0 amide bonds. The SMILES string of the molecule is C1COCCO1.CCC[Si](OCC)(OCC)OCC. The van der Waals surface area contributed by atoms with Gasteiger partial charge in [0.15, 0.2) is 0 Å². The lowest BCUT2D eigenvalue weighted by Gasteiger charge is -2.27. The topological polar surface area (TPSA) is 46.2 Å². The molecule has 0 aromatic heterocycles. The van der Waals surface area contributed by atoms with E-state index in [9.17, 15) is 0 Å². The van der Waals surface area contributed by atoms with E-state index >= 15 is 0 Å². The van der Waals surface area contributed by atoms with Gasteiger partial charge in [0, 0.05) is 25.9 Å². The van der Waals surface area contributed by atoms with Crippen molar-refractivity contribution in [1.82, 2.24) is 0 Å². The Kier molecular flexibility index (Phi) is 13.0. The lowest BCUT2D eigenvalue weighted by molar-refractivity contribution is -0.0334. The average Bonchev–Trinajstić information content (AvgIpc) is 2.43. The van der Waals surface area contributed by atoms with Gasteiger partial charge in [-0.3, -0.25) is 0 Å². The molecule has 1 aliphatic heterocycles. The van der Waals surface area contributed by atoms with Crippen molar-refractivity contribution < 1.29 is 22.8 Å². The number of ether oxygens (including phenoxy) is 2. The van der Waals surface area contributed by atoms with E-state index in [1.54, 1.807) is 0 Å². The maximum absolute atomic E-state index is 5.65. The van der Waals surface area contributed by atoms with E-state index in [-0.39, 0.29) is 0 Å². The second kappa shape index (κ2) is 13.0. The van der Waals surface area contributed by atoms with Crippen LogP contribution in [0.3, 0.4) is 0 Å². The van der Waals surface area contributed by atoms with Crippen LogP contribution < -0.4 is 0 Å². The zero-order chi connectivity index (χ0) is 14.4. The maximum Gasteiger partial charge on any atom is 0.500 e. The Morgan fingerprint density at radius 2 is 1.11 bits per heavy atom. The van der Waals surface area contributed by atoms with Gasteiger partial charge in [-0.15, -0.1) is 0 Å². The molecule has 1 saturated heterocycles. The fourth-order valence-electron chi connectivity index (χ4n) is 1.75. The molecule has 5 nitrogen and oxygen atoms in total. The van der Waals surface area contributed by atoms with Gasteiger partial charge in [0.1, 0.15) is 0 Å². The van der Waals surface area contributed by atoms with Gasteiger partial charge in [0.25, 0.3) is 0 Å². The van der Waals surface area contributed by atoms with Gasteiger partial charge in [-0.1, -0.05) is 13.3 Å². The summed E-state index contributed by atoms with van der Waals surface area (Å²) in [4.78, 5) is 0. The summed E-state index contributed by atoms with van der Waals surface area (Å²) in [6.45, 7) is 13.2. The predicted octanol–water partition coefficient (Wildman–Crippen LogP) is 2.48. The largest absolute Gasteiger partial charge is 0.500 e. The molecule has 1 rings (SSSR count). The maximum atomic E-state index is 5.65. The molecule has 116 valence electrons. The third-order valence-electron chi connectivity index (χ3n) is 2.39. The molecule has 0 aromatic rings. The third kappa shape index (κ3) is 9.54. The van der Waals surface area contributed by atoms with Gasteiger partial charge in [-0.25, -0.2) is 0 Å². The van der Waals surface area contributed by atoms with Crippen LogP contribution in [0.5, 0.6) is 0 Å². The van der Waals surface area contributed by atoms with Crippen LogP contribution in [0.15, 0.2) is 0 Å². The summed E-state index contributed by atoms with van der Waals surface area (Å²) < 4.78 is 26.8. The van der Waals surface area contributed by atoms with E-state index in [1.165, 1.54) is 0 Å². The van der Waals surface area contributed by atoms with E-state index in [0.29, 0.717) is 19.8 Å². The van der Waals surface area contributed by atoms with Crippen molar-refractivity contribution in [2.45, 2.75) is 40.2 Å². The summed E-state index contributed by atoms with van der Waals surface area (Å²) in [5.74, 6) is 0. The average molecular weight is 294 g/mol. The van der Waals surface area contributed by atoms with Crippen LogP contribution >= 0.6 is 0 Å². The minimum atomic E-state index is -2.30. The molecule has 0 unspecified atom stereocenters. The Morgan fingerprint density at radius 3 is 1.32 bits per heavy atom. The summed E-state index contributed by atoms with van der Waals surface area (Å²) in [6, 6.07) is 0.919. The smallest absolute Gasteiger partial charge is 0.377 e. The van der Waals surface area contributed by atoms with Gasteiger partial charge < -0.3 is 22.8 Å². The first-order valence-corrected chi connectivity index (χ1v) is 9.25. The first-order valence-electron chi connectivity index (χ1n) is 7.32. The number of hydrogen-bond acceptors (Lipinski definition) is 5. The van der Waals surface area contributed by atoms with Crippen molar-refractivity contribution in [3.8, 4) is 0 Å². The van der Waals surface area contributed by atoms with Gasteiger partial charge in [-0.2, -0.15) is 0 Å². The summed E-state index contributed by atoms with van der Waals surface area (Å²) >= 11 is 0. The quantitative estimate of drug-likeness (QED) is 0.644. The fourth-order valence-corrected chi connectivity index (χ4v) is 4.36. The van der Waals surface area contributed by atoms with Crippen LogP contribution in [-0.4, -0.2) is 55.1 Å². The normalized spacial score (nSPS) is 15.8. The standard InChI is InChI=1S/C9H22O3Si.C4H8O2/c1-5-9-13(10-6-2,11-7-3)12-8-4;1-2-6-4-3-5-1/h5-9H2,1-4H3;1-4H2. The van der Waals surface area contributed by atoms with Gasteiger partial charge in [0.05, 0.1) is 26.4 Å². The Labute approximate surface area is 118 Å². The highest BCUT2D eigenvalue weighted by atomic mass is 28.4. The van der Waals surface area contributed by atoms with Crippen molar-refractivity contribution in [2.24, 2.45) is 0 Å². The number of hydrogen-bond donors (Lipinski definition) is 0. The molecule has 19 heavy (non-hydrogen) atoms. The number of rotatable bonds is 8. The Morgan fingerprint density at radius 1 is 0.737 bits per heavy atom. The predicted molar refractivity (Wildman–Crippen MR) is 77.4 cm³/mol. The molecule has 1 fully saturated rings. The lowest BCUT2D eigenvalue weighted by Crippen LogP contribution is -2.45. The van der Waals surface area contributed by atoms with Gasteiger partial charge in [0.2, 0.25) is 0 Å². The molecule has 0 bridgehead atoms. The molecular weight excluding hydrogens is 264 g/mol. The second-order valence-electron chi connectivity index (χ2n) is 3.96. The summed E-state index contributed by atoms with van der Waals surface area (Å²) in [7, 11) is -2.30. The molecule has 6 heteroatoms. The molecule has 0 aliphatic carbocycles. The van der Waals surface area contributed by atoms with E-state index in [2.05, 4.69) is 6.92 Å². The molecule has 1 aliphatic rings. The van der Waals surface area contributed by atoms with Crippen LogP contribution in [0, 0.1) is 0 Å². The van der Waals surface area contributed by atoms with Crippen molar-refractivity contribution in [3.05, 3.63) is 0 Å². The van der Waals surface area contributed by atoms with Crippen molar-refractivity contribution in [1.29, 1.82) is 0 Å². The third-order valence-corrected chi connectivity index (χ3v) is 5.69. The van der Waals surface area contributed by atoms with E-state index in [4.69, 9.17) is 22.8 Å². The summed E-state index contributed by atoms with van der Waals surface area (Å²) in [5, 5.41) is 0. The lowest BCUT2D eigenvalue weighted by atomic mass is 10.6. The molecule has 0 saturated carbocycles. The molecule has 1 heterocycles. The molecule has 0 aromatic carbocycles. The monoisotopic (exact) mass is 294 g/mol. The Hall–Kier alpha value is 0.0169. The Balaban J connectivity index is 0.000000443. The molecule has 0 atom stereocenters. The highest BCUT2D eigenvalue weighted by molar-refractivity contribution is 6.60. The van der Waals surface area contributed by atoms with E-state index < -0.39 is 8.80 Å². The van der Waals surface area contributed by atoms with Crippen molar-refractivity contribution in [3.63, 3.8) is 0 Å². The van der Waals surface area contributed by atoms with Crippen LogP contribution in [0.25, 0.3) is 0 Å². The molecule has 0 N–H and O–H groups in total. The summed E-state index contributed by atoms with van der Waals surface area (Å²) in [5.41, 5.74) is 0. The molecular formula is C13H30O5Si. The van der Waals surface area contributed by atoms with Crippen LogP contribution in [-0.2, 0) is 22.8 Å². The minimum absolute atomic E-state index is 0.673. The zero-order valence-electron chi connectivity index (χ0n) is 12.9. The van der Waals surface area contributed by atoms with Gasteiger partial charge in [-0.05, 0) is 20.8 Å². The van der Waals surface area contributed by atoms with Crippen molar-refractivity contribution >= 4 is 8.80 Å². The molecule has 0 radical (unpaired) electrons. The second-order valence-corrected chi connectivity index (χ2v) is 6.69. The van der Waals surface area contributed by atoms with Gasteiger partial charge >= 0.3 is 8.80 Å². The van der Waals surface area contributed by atoms with E-state index in [1.807, 2.05) is 20.8 Å². The summed E-state index contributed by atoms with van der Waals surface area (Å²) in [6.07, 6.45) is 1.05. The first kappa shape index (κ1) is 19.0. The first-order chi connectivity index (χ1) is 9.24.